The van der Waals surface area contributed by atoms with Crippen LogP contribution in [0.4, 0.5) is 24.5 Å². The number of carbonyl (C=O) groups excluding carboxylic acids is 1. The van der Waals surface area contributed by atoms with Gasteiger partial charge in [-0.25, -0.2) is 8.42 Å². The van der Waals surface area contributed by atoms with Crippen LogP contribution in [0.5, 0.6) is 11.5 Å². The lowest BCUT2D eigenvalue weighted by atomic mass is 10.2. The van der Waals surface area contributed by atoms with Crippen molar-refractivity contribution in [2.75, 3.05) is 16.2 Å². The van der Waals surface area contributed by atoms with E-state index in [9.17, 15) is 26.4 Å². The van der Waals surface area contributed by atoms with E-state index >= 15 is 0 Å². The molecule has 0 spiro atoms. The summed E-state index contributed by atoms with van der Waals surface area (Å²) >= 11 is 0. The quantitative estimate of drug-likeness (QED) is 0.595. The number of nitrogens with one attached hydrogen (secondary N) is 1. The van der Waals surface area contributed by atoms with Crippen LogP contribution in [-0.2, 0) is 14.8 Å². The van der Waals surface area contributed by atoms with Crippen LogP contribution in [0.3, 0.4) is 0 Å². The van der Waals surface area contributed by atoms with Crippen LogP contribution in [0.15, 0.2) is 83.8 Å². The van der Waals surface area contributed by atoms with E-state index in [0.717, 1.165) is 16.4 Å². The average Bonchev–Trinajstić information content (AvgIpc) is 2.79. The summed E-state index contributed by atoms with van der Waals surface area (Å²) < 4.78 is 74.1. The predicted octanol–water partition coefficient (Wildman–Crippen LogP) is 4.18. The van der Waals surface area contributed by atoms with E-state index in [4.69, 9.17) is 4.74 Å². The fraction of sp³-hybridized carbons (Fsp3) is 0.136. The lowest BCUT2D eigenvalue weighted by Gasteiger charge is -2.34. The maximum Gasteiger partial charge on any atom is 0.573 e. The minimum absolute atomic E-state index is 0.0566. The van der Waals surface area contributed by atoms with E-state index in [1.54, 1.807) is 42.5 Å². The number of hydrogen-bond acceptors (Lipinski definition) is 5. The van der Waals surface area contributed by atoms with Gasteiger partial charge in [-0.15, -0.1) is 13.2 Å². The maximum absolute atomic E-state index is 13.3. The molecule has 0 unspecified atom stereocenters. The molecule has 11 heteroatoms. The number of amides is 1. The zero-order chi connectivity index (χ0) is 23.6. The highest BCUT2D eigenvalue weighted by atomic mass is 32.2. The Morgan fingerprint density at radius 3 is 2.27 bits per heavy atom. The largest absolute Gasteiger partial charge is 0.573 e. The van der Waals surface area contributed by atoms with Crippen molar-refractivity contribution in [1.29, 1.82) is 0 Å². The molecule has 0 saturated heterocycles. The molecular weight excluding hydrogens is 461 g/mol. The van der Waals surface area contributed by atoms with Crippen molar-refractivity contribution in [2.24, 2.45) is 0 Å². The van der Waals surface area contributed by atoms with E-state index in [0.29, 0.717) is 5.69 Å². The molecule has 1 heterocycles. The molecule has 0 aromatic heterocycles. The van der Waals surface area contributed by atoms with Gasteiger partial charge < -0.3 is 14.8 Å². The molecule has 3 aromatic carbocycles. The summed E-state index contributed by atoms with van der Waals surface area (Å²) in [7, 11) is -3.99. The summed E-state index contributed by atoms with van der Waals surface area (Å²) in [6.45, 7) is -0.296. The van der Waals surface area contributed by atoms with Crippen LogP contribution in [0.25, 0.3) is 0 Å². The molecule has 0 radical (unpaired) electrons. The van der Waals surface area contributed by atoms with E-state index in [2.05, 4.69) is 10.1 Å². The SMILES string of the molecule is O=C(Nc1ccc(OC(F)(F)F)cc1)[C@H]1CN(S(=O)(=O)c2ccccc2)c2ccccc2O1. The van der Waals surface area contributed by atoms with Crippen LogP contribution < -0.4 is 19.1 Å². The molecule has 0 fully saturated rings. The van der Waals surface area contributed by atoms with Gasteiger partial charge in [0, 0.05) is 5.69 Å². The summed E-state index contributed by atoms with van der Waals surface area (Å²) in [6, 6.07) is 18.8. The van der Waals surface area contributed by atoms with E-state index < -0.39 is 34.1 Å². The van der Waals surface area contributed by atoms with Crippen molar-refractivity contribution in [3.63, 3.8) is 0 Å². The van der Waals surface area contributed by atoms with Crippen molar-refractivity contribution < 1.29 is 35.9 Å². The Hall–Kier alpha value is -3.73. The first kappa shape index (κ1) is 22.5. The molecule has 3 aromatic rings. The first-order valence-corrected chi connectivity index (χ1v) is 11.1. The number of nitrogens with zero attached hydrogens (tertiary/aromatic N) is 1. The summed E-state index contributed by atoms with van der Waals surface area (Å²) in [5, 5.41) is 2.52. The second-order valence-corrected chi connectivity index (χ2v) is 8.85. The first-order chi connectivity index (χ1) is 15.6. The molecule has 0 bridgehead atoms. The lowest BCUT2D eigenvalue weighted by molar-refractivity contribution is -0.274. The van der Waals surface area contributed by atoms with Crippen molar-refractivity contribution >= 4 is 27.3 Å². The number of hydrogen-bond donors (Lipinski definition) is 1. The zero-order valence-corrected chi connectivity index (χ0v) is 17.6. The van der Waals surface area contributed by atoms with Gasteiger partial charge in [-0.05, 0) is 48.5 Å². The Labute approximate surface area is 187 Å². The number of fused-ring (bicyclic) bond motifs is 1. The molecule has 1 N–H and O–H groups in total. The van der Waals surface area contributed by atoms with Gasteiger partial charge in [0.05, 0.1) is 17.1 Å². The minimum Gasteiger partial charge on any atom is -0.476 e. The molecule has 0 saturated carbocycles. The summed E-state index contributed by atoms with van der Waals surface area (Å²) in [4.78, 5) is 12.9. The van der Waals surface area contributed by atoms with E-state index in [-0.39, 0.29) is 22.9 Å². The monoisotopic (exact) mass is 478 g/mol. The lowest BCUT2D eigenvalue weighted by Crippen LogP contribution is -2.48. The number of rotatable bonds is 5. The summed E-state index contributed by atoms with van der Waals surface area (Å²) in [6.07, 6.45) is -6.04. The Bertz CT molecular complexity index is 1250. The van der Waals surface area contributed by atoms with Gasteiger partial charge in [0.1, 0.15) is 11.5 Å². The Balaban J connectivity index is 1.56. The minimum atomic E-state index is -4.83. The fourth-order valence-electron chi connectivity index (χ4n) is 3.25. The van der Waals surface area contributed by atoms with Gasteiger partial charge in [0.25, 0.3) is 15.9 Å². The zero-order valence-electron chi connectivity index (χ0n) is 16.8. The molecule has 7 nitrogen and oxygen atoms in total. The Morgan fingerprint density at radius 2 is 1.61 bits per heavy atom. The van der Waals surface area contributed by atoms with Crippen molar-refractivity contribution in [1.82, 2.24) is 0 Å². The molecule has 4 rings (SSSR count). The number of alkyl halides is 3. The predicted molar refractivity (Wildman–Crippen MR) is 114 cm³/mol. The summed E-state index contributed by atoms with van der Waals surface area (Å²) in [5.74, 6) is -0.900. The van der Waals surface area contributed by atoms with Crippen LogP contribution in [0, 0.1) is 0 Å². The van der Waals surface area contributed by atoms with E-state index in [1.807, 2.05) is 0 Å². The first-order valence-electron chi connectivity index (χ1n) is 9.64. The van der Waals surface area contributed by atoms with Crippen LogP contribution in [0.1, 0.15) is 0 Å². The number of carbonyl (C=O) groups is 1. The molecular formula is C22H17F3N2O5S. The van der Waals surface area contributed by atoms with Crippen LogP contribution in [0.2, 0.25) is 0 Å². The van der Waals surface area contributed by atoms with Gasteiger partial charge in [-0.1, -0.05) is 30.3 Å². The Kier molecular flexibility index (Phi) is 5.90. The molecule has 1 aliphatic heterocycles. The molecule has 0 aliphatic carbocycles. The molecule has 1 atom stereocenters. The van der Waals surface area contributed by atoms with Gasteiger partial charge in [-0.3, -0.25) is 9.10 Å². The van der Waals surface area contributed by atoms with Crippen molar-refractivity contribution in [3.05, 3.63) is 78.9 Å². The molecule has 1 aliphatic rings. The highest BCUT2D eigenvalue weighted by Gasteiger charge is 2.37. The average molecular weight is 478 g/mol. The molecule has 1 amide bonds. The number of benzene rings is 3. The second-order valence-electron chi connectivity index (χ2n) is 6.98. The molecule has 172 valence electrons. The third-order valence-corrected chi connectivity index (χ3v) is 6.51. The summed E-state index contributed by atoms with van der Waals surface area (Å²) in [5.41, 5.74) is 0.480. The number of halogens is 3. The van der Waals surface area contributed by atoms with Gasteiger partial charge >= 0.3 is 6.36 Å². The fourth-order valence-corrected chi connectivity index (χ4v) is 4.75. The number of para-hydroxylation sites is 2. The second kappa shape index (κ2) is 8.66. The highest BCUT2D eigenvalue weighted by Crippen LogP contribution is 2.37. The highest BCUT2D eigenvalue weighted by molar-refractivity contribution is 7.92. The van der Waals surface area contributed by atoms with Gasteiger partial charge in [0.2, 0.25) is 0 Å². The van der Waals surface area contributed by atoms with Gasteiger partial charge in [-0.2, -0.15) is 0 Å². The van der Waals surface area contributed by atoms with Gasteiger partial charge in [0.15, 0.2) is 6.10 Å². The normalized spacial score (nSPS) is 15.8. The van der Waals surface area contributed by atoms with Crippen LogP contribution in [-0.4, -0.2) is 33.3 Å². The third kappa shape index (κ3) is 5.03. The number of ether oxygens (including phenoxy) is 2. The topological polar surface area (TPSA) is 84.9 Å². The van der Waals surface area contributed by atoms with E-state index in [1.165, 1.54) is 24.3 Å². The third-order valence-electron chi connectivity index (χ3n) is 4.71. The Morgan fingerprint density at radius 1 is 0.970 bits per heavy atom. The van der Waals surface area contributed by atoms with Crippen LogP contribution >= 0.6 is 0 Å². The van der Waals surface area contributed by atoms with Crippen molar-refractivity contribution in [3.8, 4) is 11.5 Å². The molecule has 33 heavy (non-hydrogen) atoms. The standard InChI is InChI=1S/C22H17F3N2O5S/c23-22(24,25)32-16-12-10-15(11-13-16)26-21(28)20-14-27(18-8-4-5-9-19(18)31-20)33(29,30)17-6-2-1-3-7-17/h1-13,20H,14H2,(H,26,28)/t20-/m1/s1. The number of anilines is 2. The van der Waals surface area contributed by atoms with Crippen molar-refractivity contribution in [2.45, 2.75) is 17.4 Å². The maximum atomic E-state index is 13.3. The smallest absolute Gasteiger partial charge is 0.476 e. The number of sulfonamides is 1.